The molecule has 1 N–H and O–H groups in total. The predicted octanol–water partition coefficient (Wildman–Crippen LogP) is 3.44. The van der Waals surface area contributed by atoms with Crippen molar-refractivity contribution in [2.24, 2.45) is 0 Å². The Hall–Kier alpha value is -3.43. The lowest BCUT2D eigenvalue weighted by molar-refractivity contribution is -0.274. The molecule has 10 heteroatoms. The fraction of sp³-hybridized carbons (Fsp3) is 0.300. The van der Waals surface area contributed by atoms with Gasteiger partial charge in [-0.25, -0.2) is 4.79 Å². The number of benzene rings is 2. The minimum atomic E-state index is -4.82. The van der Waals surface area contributed by atoms with Crippen LogP contribution in [-0.4, -0.2) is 43.5 Å². The van der Waals surface area contributed by atoms with Crippen LogP contribution in [0.25, 0.3) is 0 Å². The summed E-state index contributed by atoms with van der Waals surface area (Å²) in [6, 6.07) is 11.1. The average molecular weight is 424 g/mol. The standard InChI is InChI=1S/C20H19F3N2O5/c1-19(13-7-9-14(10-8-13)30-20(21,22)23)17(26)25(18(27)24-19)11-12-29-16-6-4-3-5-15(16)28-2/h3-10H,11-12H2,1-2H3,(H,24,27). The van der Waals surface area contributed by atoms with Gasteiger partial charge in [-0.1, -0.05) is 24.3 Å². The fourth-order valence-corrected chi connectivity index (χ4v) is 3.07. The van der Waals surface area contributed by atoms with Gasteiger partial charge in [0, 0.05) is 0 Å². The third-order valence-corrected chi connectivity index (χ3v) is 4.58. The Morgan fingerprint density at radius 3 is 2.27 bits per heavy atom. The zero-order valence-corrected chi connectivity index (χ0v) is 16.2. The first kappa shape index (κ1) is 21.3. The summed E-state index contributed by atoms with van der Waals surface area (Å²) in [6.45, 7) is 1.50. The number of amides is 3. The number of rotatable bonds is 7. The van der Waals surface area contributed by atoms with Crippen LogP contribution in [0, 0.1) is 0 Å². The Morgan fingerprint density at radius 2 is 1.67 bits per heavy atom. The summed E-state index contributed by atoms with van der Waals surface area (Å²) in [4.78, 5) is 26.2. The highest BCUT2D eigenvalue weighted by Crippen LogP contribution is 2.31. The number of carbonyl (C=O) groups excluding carboxylic acids is 2. The molecular weight excluding hydrogens is 405 g/mol. The van der Waals surface area contributed by atoms with Crippen molar-refractivity contribution >= 4 is 11.9 Å². The summed E-state index contributed by atoms with van der Waals surface area (Å²) in [5.41, 5.74) is -1.10. The van der Waals surface area contributed by atoms with Gasteiger partial charge >= 0.3 is 12.4 Å². The Labute approximate surface area is 170 Å². The first-order valence-corrected chi connectivity index (χ1v) is 8.90. The molecule has 160 valence electrons. The molecule has 3 amide bonds. The van der Waals surface area contributed by atoms with Gasteiger partial charge in [0.2, 0.25) is 0 Å². The predicted molar refractivity (Wildman–Crippen MR) is 99.2 cm³/mol. The second-order valence-corrected chi connectivity index (χ2v) is 6.58. The van der Waals surface area contributed by atoms with Crippen LogP contribution in [0.3, 0.4) is 0 Å². The largest absolute Gasteiger partial charge is 0.573 e. The molecule has 2 aromatic rings. The highest BCUT2D eigenvalue weighted by atomic mass is 19.4. The molecule has 0 saturated carbocycles. The number of nitrogens with one attached hydrogen (secondary N) is 1. The molecule has 1 saturated heterocycles. The highest BCUT2D eigenvalue weighted by molar-refractivity contribution is 6.07. The van der Waals surface area contributed by atoms with Crippen molar-refractivity contribution in [3.8, 4) is 17.2 Å². The molecule has 1 heterocycles. The monoisotopic (exact) mass is 424 g/mol. The van der Waals surface area contributed by atoms with E-state index in [-0.39, 0.29) is 13.2 Å². The molecule has 1 atom stereocenters. The lowest BCUT2D eigenvalue weighted by Gasteiger charge is -2.22. The lowest BCUT2D eigenvalue weighted by atomic mass is 9.92. The number of nitrogens with zero attached hydrogens (tertiary/aromatic N) is 1. The van der Waals surface area contributed by atoms with E-state index in [4.69, 9.17) is 9.47 Å². The van der Waals surface area contributed by atoms with Crippen molar-refractivity contribution in [1.29, 1.82) is 0 Å². The van der Waals surface area contributed by atoms with Crippen molar-refractivity contribution < 1.29 is 37.0 Å². The first-order chi connectivity index (χ1) is 14.1. The van der Waals surface area contributed by atoms with E-state index in [1.807, 2.05) is 0 Å². The highest BCUT2D eigenvalue weighted by Gasteiger charge is 2.48. The maximum atomic E-state index is 12.9. The lowest BCUT2D eigenvalue weighted by Crippen LogP contribution is -2.41. The van der Waals surface area contributed by atoms with Crippen LogP contribution in [0.5, 0.6) is 17.2 Å². The molecular formula is C20H19F3N2O5. The molecule has 30 heavy (non-hydrogen) atoms. The van der Waals surface area contributed by atoms with Crippen LogP contribution in [0.15, 0.2) is 48.5 Å². The average Bonchev–Trinajstić information content (AvgIpc) is 2.91. The van der Waals surface area contributed by atoms with E-state index >= 15 is 0 Å². The van der Waals surface area contributed by atoms with E-state index < -0.39 is 29.6 Å². The number of urea groups is 1. The second kappa shape index (κ2) is 8.13. The summed E-state index contributed by atoms with van der Waals surface area (Å²) in [5, 5.41) is 2.58. The van der Waals surface area contributed by atoms with Crippen molar-refractivity contribution in [1.82, 2.24) is 10.2 Å². The Bertz CT molecular complexity index is 933. The Kier molecular flexibility index (Phi) is 5.77. The molecule has 0 spiro atoms. The number of hydrogen-bond acceptors (Lipinski definition) is 5. The van der Waals surface area contributed by atoms with Crippen LogP contribution in [-0.2, 0) is 10.3 Å². The van der Waals surface area contributed by atoms with Crippen molar-refractivity contribution in [2.45, 2.75) is 18.8 Å². The van der Waals surface area contributed by atoms with Gasteiger partial charge in [-0.2, -0.15) is 0 Å². The van der Waals surface area contributed by atoms with E-state index in [9.17, 15) is 22.8 Å². The van der Waals surface area contributed by atoms with Crippen LogP contribution < -0.4 is 19.5 Å². The van der Waals surface area contributed by atoms with E-state index in [0.717, 1.165) is 17.0 Å². The molecule has 0 aliphatic carbocycles. The quantitative estimate of drug-likeness (QED) is 0.689. The molecule has 1 aliphatic rings. The zero-order chi connectivity index (χ0) is 21.9. The molecule has 7 nitrogen and oxygen atoms in total. The van der Waals surface area contributed by atoms with Crippen LogP contribution in [0.1, 0.15) is 12.5 Å². The van der Waals surface area contributed by atoms with Gasteiger partial charge in [-0.15, -0.1) is 13.2 Å². The summed E-state index contributed by atoms with van der Waals surface area (Å²) in [6.07, 6.45) is -4.82. The number of imide groups is 1. The number of hydrogen-bond donors (Lipinski definition) is 1. The van der Waals surface area contributed by atoms with Gasteiger partial charge < -0.3 is 19.5 Å². The van der Waals surface area contributed by atoms with Crippen LogP contribution in [0.2, 0.25) is 0 Å². The van der Waals surface area contributed by atoms with Crippen LogP contribution >= 0.6 is 0 Å². The van der Waals surface area contributed by atoms with E-state index in [2.05, 4.69) is 10.1 Å². The number of halogens is 3. The smallest absolute Gasteiger partial charge is 0.493 e. The topological polar surface area (TPSA) is 77.1 Å². The second-order valence-electron chi connectivity index (χ2n) is 6.58. The summed E-state index contributed by atoms with van der Waals surface area (Å²) < 4.78 is 51.5. The molecule has 2 aromatic carbocycles. The molecule has 1 fully saturated rings. The first-order valence-electron chi connectivity index (χ1n) is 8.90. The number of para-hydroxylation sites is 2. The van der Waals surface area contributed by atoms with E-state index in [1.54, 1.807) is 24.3 Å². The zero-order valence-electron chi connectivity index (χ0n) is 16.2. The van der Waals surface area contributed by atoms with Crippen molar-refractivity contribution in [2.75, 3.05) is 20.3 Å². The van der Waals surface area contributed by atoms with Gasteiger partial charge in [-0.3, -0.25) is 9.69 Å². The Morgan fingerprint density at radius 1 is 1.03 bits per heavy atom. The third kappa shape index (κ3) is 4.42. The molecule has 0 bridgehead atoms. The number of carbonyl (C=O) groups is 2. The molecule has 1 unspecified atom stereocenters. The fourth-order valence-electron chi connectivity index (χ4n) is 3.07. The number of ether oxygens (including phenoxy) is 3. The summed E-state index contributed by atoms with van der Waals surface area (Å²) in [7, 11) is 1.50. The van der Waals surface area contributed by atoms with Gasteiger partial charge in [-0.05, 0) is 36.8 Å². The molecule has 3 rings (SSSR count). The van der Waals surface area contributed by atoms with Gasteiger partial charge in [0.25, 0.3) is 5.91 Å². The molecule has 0 radical (unpaired) electrons. The third-order valence-electron chi connectivity index (χ3n) is 4.58. The van der Waals surface area contributed by atoms with Crippen molar-refractivity contribution in [3.05, 3.63) is 54.1 Å². The van der Waals surface area contributed by atoms with Crippen molar-refractivity contribution in [3.63, 3.8) is 0 Å². The van der Waals surface area contributed by atoms with Crippen LogP contribution in [0.4, 0.5) is 18.0 Å². The maximum Gasteiger partial charge on any atom is 0.573 e. The normalized spacial score (nSPS) is 18.9. The number of methoxy groups -OCH3 is 1. The van der Waals surface area contributed by atoms with Gasteiger partial charge in [0.1, 0.15) is 17.9 Å². The van der Waals surface area contributed by atoms with E-state index in [1.165, 1.54) is 26.2 Å². The maximum absolute atomic E-state index is 12.9. The van der Waals surface area contributed by atoms with E-state index in [0.29, 0.717) is 17.1 Å². The minimum Gasteiger partial charge on any atom is -0.493 e. The molecule has 0 aromatic heterocycles. The number of alkyl halides is 3. The minimum absolute atomic E-state index is 0.0203. The summed E-state index contributed by atoms with van der Waals surface area (Å²) >= 11 is 0. The summed E-state index contributed by atoms with van der Waals surface area (Å²) in [5.74, 6) is 0.0186. The Balaban J connectivity index is 1.67. The van der Waals surface area contributed by atoms with Gasteiger partial charge in [0.05, 0.1) is 13.7 Å². The SMILES string of the molecule is COc1ccccc1OCCN1C(=O)NC(C)(c2ccc(OC(F)(F)F)cc2)C1=O. The molecule has 1 aliphatic heterocycles. The van der Waals surface area contributed by atoms with Gasteiger partial charge in [0.15, 0.2) is 11.5 Å².